The molecule has 0 radical (unpaired) electrons. The zero-order valence-corrected chi connectivity index (χ0v) is 14.3. The van der Waals surface area contributed by atoms with Crippen molar-refractivity contribution in [1.82, 2.24) is 0 Å². The van der Waals surface area contributed by atoms with Crippen LogP contribution in [-0.2, 0) is 24.4 Å². The van der Waals surface area contributed by atoms with Crippen molar-refractivity contribution in [2.45, 2.75) is 19.6 Å². The van der Waals surface area contributed by atoms with Gasteiger partial charge in [-0.05, 0) is 17.2 Å². The fourth-order valence-electron chi connectivity index (χ4n) is 2.61. The van der Waals surface area contributed by atoms with Gasteiger partial charge in [-0.1, -0.05) is 72.8 Å². The van der Waals surface area contributed by atoms with Crippen LogP contribution in [0.4, 0.5) is 0 Å². The smallest absolute Gasteiger partial charge is 0.307 e. The van der Waals surface area contributed by atoms with Gasteiger partial charge in [-0.2, -0.15) is 0 Å². The summed E-state index contributed by atoms with van der Waals surface area (Å²) in [6.45, 7) is 0.734. The van der Waals surface area contributed by atoms with Crippen LogP contribution < -0.4 is 9.47 Å². The molecule has 0 aliphatic rings. The minimum Gasteiger partial charge on any atom is -0.485 e. The maximum atomic E-state index is 11.2. The highest BCUT2D eigenvalue weighted by atomic mass is 16.5. The molecule has 4 nitrogen and oxygen atoms in total. The number of hydrogen-bond donors (Lipinski definition) is 1. The lowest BCUT2D eigenvalue weighted by atomic mass is 10.1. The summed E-state index contributed by atoms with van der Waals surface area (Å²) in [4.78, 5) is 11.2. The molecule has 3 aromatic rings. The molecule has 4 heteroatoms. The number of para-hydroxylation sites is 1. The number of carboxylic acid groups (broad SMARTS) is 1. The van der Waals surface area contributed by atoms with E-state index in [0.29, 0.717) is 30.3 Å². The van der Waals surface area contributed by atoms with Gasteiger partial charge in [0.05, 0.1) is 6.42 Å². The predicted molar refractivity (Wildman–Crippen MR) is 99.3 cm³/mol. The molecule has 3 aromatic carbocycles. The molecular weight excluding hydrogens is 328 g/mol. The maximum Gasteiger partial charge on any atom is 0.307 e. The van der Waals surface area contributed by atoms with E-state index in [1.165, 1.54) is 0 Å². The number of ether oxygens (including phenoxy) is 2. The van der Waals surface area contributed by atoms with E-state index in [9.17, 15) is 9.90 Å². The first kappa shape index (κ1) is 17.5. The Labute approximate surface area is 152 Å². The predicted octanol–water partition coefficient (Wildman–Crippen LogP) is 4.47. The second-order valence-corrected chi connectivity index (χ2v) is 5.86. The van der Waals surface area contributed by atoms with Crippen molar-refractivity contribution < 1.29 is 19.4 Å². The second kappa shape index (κ2) is 8.72. The molecule has 0 unspecified atom stereocenters. The molecule has 0 fully saturated rings. The van der Waals surface area contributed by atoms with E-state index in [-0.39, 0.29) is 6.42 Å². The van der Waals surface area contributed by atoms with Crippen molar-refractivity contribution in [2.75, 3.05) is 0 Å². The molecule has 0 bridgehead atoms. The number of hydrogen-bond acceptors (Lipinski definition) is 3. The zero-order chi connectivity index (χ0) is 18.2. The van der Waals surface area contributed by atoms with Crippen LogP contribution in [0.1, 0.15) is 16.7 Å². The summed E-state index contributed by atoms with van der Waals surface area (Å²) in [6.07, 6.45) is -0.118. The molecule has 0 amide bonds. The average Bonchev–Trinajstić information content (AvgIpc) is 2.67. The van der Waals surface area contributed by atoms with Crippen molar-refractivity contribution in [1.29, 1.82) is 0 Å². The van der Waals surface area contributed by atoms with Crippen molar-refractivity contribution >= 4 is 5.97 Å². The third-order valence-corrected chi connectivity index (χ3v) is 3.87. The second-order valence-electron chi connectivity index (χ2n) is 5.86. The van der Waals surface area contributed by atoms with Gasteiger partial charge < -0.3 is 14.6 Å². The van der Waals surface area contributed by atoms with Crippen LogP contribution in [0.2, 0.25) is 0 Å². The first-order valence-electron chi connectivity index (χ1n) is 8.39. The van der Waals surface area contributed by atoms with Gasteiger partial charge in [0, 0.05) is 5.56 Å². The van der Waals surface area contributed by atoms with Gasteiger partial charge in [-0.3, -0.25) is 4.79 Å². The lowest BCUT2D eigenvalue weighted by molar-refractivity contribution is -0.136. The van der Waals surface area contributed by atoms with Gasteiger partial charge in [0.2, 0.25) is 0 Å². The lowest BCUT2D eigenvalue weighted by Crippen LogP contribution is -2.06. The quantitative estimate of drug-likeness (QED) is 0.652. The number of benzene rings is 3. The van der Waals surface area contributed by atoms with Gasteiger partial charge in [0.15, 0.2) is 11.5 Å². The Morgan fingerprint density at radius 2 is 1.31 bits per heavy atom. The number of carboxylic acids is 1. The first-order chi connectivity index (χ1) is 12.7. The molecule has 0 aliphatic carbocycles. The van der Waals surface area contributed by atoms with Gasteiger partial charge in [-0.15, -0.1) is 0 Å². The molecular formula is C22H20O4. The molecule has 0 aromatic heterocycles. The Morgan fingerprint density at radius 3 is 1.88 bits per heavy atom. The summed E-state index contributed by atoms with van der Waals surface area (Å²) in [7, 11) is 0. The standard InChI is InChI=1S/C22H20O4/c23-21(24)14-19-12-7-13-20(25-15-17-8-3-1-4-9-17)22(19)26-16-18-10-5-2-6-11-18/h1-13H,14-16H2,(H,23,24). The Morgan fingerprint density at radius 1 is 0.731 bits per heavy atom. The van der Waals surface area contributed by atoms with Gasteiger partial charge in [0.1, 0.15) is 13.2 Å². The van der Waals surface area contributed by atoms with Crippen LogP contribution in [-0.4, -0.2) is 11.1 Å². The molecule has 0 heterocycles. The topological polar surface area (TPSA) is 55.8 Å². The van der Waals surface area contributed by atoms with E-state index in [2.05, 4.69) is 0 Å². The van der Waals surface area contributed by atoms with Crippen LogP contribution in [0, 0.1) is 0 Å². The molecule has 26 heavy (non-hydrogen) atoms. The van der Waals surface area contributed by atoms with Crippen molar-refractivity contribution in [3.8, 4) is 11.5 Å². The van der Waals surface area contributed by atoms with Crippen LogP contribution in [0.5, 0.6) is 11.5 Å². The largest absolute Gasteiger partial charge is 0.485 e. The monoisotopic (exact) mass is 348 g/mol. The third-order valence-electron chi connectivity index (χ3n) is 3.87. The molecule has 3 rings (SSSR count). The van der Waals surface area contributed by atoms with Gasteiger partial charge >= 0.3 is 5.97 Å². The molecule has 0 saturated carbocycles. The Hall–Kier alpha value is -3.27. The van der Waals surface area contributed by atoms with E-state index >= 15 is 0 Å². The minimum atomic E-state index is -0.908. The summed E-state index contributed by atoms with van der Waals surface area (Å²) in [5.74, 6) is 0.119. The summed E-state index contributed by atoms with van der Waals surface area (Å²) >= 11 is 0. The Kier molecular flexibility index (Phi) is 5.88. The summed E-state index contributed by atoms with van der Waals surface area (Å²) in [5.41, 5.74) is 2.63. The van der Waals surface area contributed by atoms with E-state index in [1.807, 2.05) is 60.7 Å². The van der Waals surface area contributed by atoms with Crippen LogP contribution in [0.3, 0.4) is 0 Å². The number of aliphatic carboxylic acids is 1. The molecule has 1 N–H and O–H groups in total. The average molecular weight is 348 g/mol. The molecule has 0 aliphatic heterocycles. The van der Waals surface area contributed by atoms with Crippen molar-refractivity contribution in [2.24, 2.45) is 0 Å². The highest BCUT2D eigenvalue weighted by molar-refractivity contribution is 5.72. The molecule has 0 saturated heterocycles. The van der Waals surface area contributed by atoms with Gasteiger partial charge in [0.25, 0.3) is 0 Å². The van der Waals surface area contributed by atoms with Crippen LogP contribution in [0.25, 0.3) is 0 Å². The SMILES string of the molecule is O=C(O)Cc1cccc(OCc2ccccc2)c1OCc1ccccc1. The number of rotatable bonds is 8. The van der Waals surface area contributed by atoms with E-state index in [0.717, 1.165) is 11.1 Å². The highest BCUT2D eigenvalue weighted by Gasteiger charge is 2.14. The number of carbonyl (C=O) groups is 1. The summed E-state index contributed by atoms with van der Waals surface area (Å²) < 4.78 is 11.9. The van der Waals surface area contributed by atoms with E-state index in [4.69, 9.17) is 9.47 Å². The summed E-state index contributed by atoms with van der Waals surface area (Å²) in [5, 5.41) is 9.18. The van der Waals surface area contributed by atoms with E-state index in [1.54, 1.807) is 18.2 Å². The Balaban J connectivity index is 1.81. The molecule has 0 spiro atoms. The third kappa shape index (κ3) is 4.86. The van der Waals surface area contributed by atoms with Gasteiger partial charge in [-0.25, -0.2) is 0 Å². The van der Waals surface area contributed by atoms with E-state index < -0.39 is 5.97 Å². The zero-order valence-electron chi connectivity index (χ0n) is 14.3. The normalized spacial score (nSPS) is 10.3. The van der Waals surface area contributed by atoms with Crippen LogP contribution in [0.15, 0.2) is 78.9 Å². The van der Waals surface area contributed by atoms with Crippen LogP contribution >= 0.6 is 0 Å². The summed E-state index contributed by atoms with van der Waals surface area (Å²) in [6, 6.07) is 24.9. The highest BCUT2D eigenvalue weighted by Crippen LogP contribution is 2.33. The first-order valence-corrected chi connectivity index (χ1v) is 8.39. The fraction of sp³-hybridized carbons (Fsp3) is 0.136. The minimum absolute atomic E-state index is 0.118. The molecule has 132 valence electrons. The Bertz CT molecular complexity index is 845. The fourth-order valence-corrected chi connectivity index (χ4v) is 2.61. The van der Waals surface area contributed by atoms with Crippen molar-refractivity contribution in [3.63, 3.8) is 0 Å². The van der Waals surface area contributed by atoms with Crippen molar-refractivity contribution in [3.05, 3.63) is 95.6 Å². The molecule has 0 atom stereocenters. The lowest BCUT2D eigenvalue weighted by Gasteiger charge is -2.16. The maximum absolute atomic E-state index is 11.2.